The first-order valence-electron chi connectivity index (χ1n) is 7.14. The average Bonchev–Trinajstić information content (AvgIpc) is 2.95. The van der Waals surface area contributed by atoms with E-state index in [9.17, 15) is 0 Å². The van der Waals surface area contributed by atoms with Crippen molar-refractivity contribution in [2.75, 3.05) is 0 Å². The number of imidazole rings is 1. The zero-order valence-corrected chi connectivity index (χ0v) is 14.3. The number of nitrogens with one attached hydrogen (secondary N) is 1. The molecular formula is C18H12Cl2N2S. The molecule has 4 rings (SSSR count). The van der Waals surface area contributed by atoms with E-state index < -0.39 is 0 Å². The fraction of sp³-hybridized carbons (Fsp3) is 0.0556. The SMILES string of the molecule is Clc1ccc(CSc2nc3cc4ccccc4cc3[nH]2)cc1Cl. The molecule has 2 nitrogen and oxygen atoms in total. The van der Waals surface area contributed by atoms with Crippen LogP contribution in [-0.4, -0.2) is 9.97 Å². The molecule has 3 aromatic carbocycles. The number of hydrogen-bond acceptors (Lipinski definition) is 2. The second kappa shape index (κ2) is 6.08. The molecular weight excluding hydrogens is 347 g/mol. The van der Waals surface area contributed by atoms with Gasteiger partial charge >= 0.3 is 0 Å². The van der Waals surface area contributed by atoms with Gasteiger partial charge < -0.3 is 4.98 Å². The van der Waals surface area contributed by atoms with Gasteiger partial charge in [0.15, 0.2) is 5.16 Å². The Hall–Kier alpha value is -1.68. The molecule has 1 aromatic heterocycles. The van der Waals surface area contributed by atoms with Gasteiger partial charge in [-0.05, 0) is 40.6 Å². The average molecular weight is 359 g/mol. The molecule has 0 atom stereocenters. The third kappa shape index (κ3) is 3.05. The highest BCUT2D eigenvalue weighted by molar-refractivity contribution is 7.98. The van der Waals surface area contributed by atoms with Crippen molar-refractivity contribution in [3.63, 3.8) is 0 Å². The van der Waals surface area contributed by atoms with Gasteiger partial charge in [0.1, 0.15) is 0 Å². The Morgan fingerprint density at radius 2 is 1.70 bits per heavy atom. The number of H-pyrrole nitrogens is 1. The lowest BCUT2D eigenvalue weighted by Gasteiger charge is -2.01. The van der Waals surface area contributed by atoms with E-state index in [2.05, 4.69) is 34.2 Å². The Balaban J connectivity index is 1.61. The van der Waals surface area contributed by atoms with E-state index >= 15 is 0 Å². The van der Waals surface area contributed by atoms with Crippen molar-refractivity contribution >= 4 is 56.8 Å². The summed E-state index contributed by atoms with van der Waals surface area (Å²) in [5.41, 5.74) is 3.16. The Labute approximate surface area is 147 Å². The Morgan fingerprint density at radius 3 is 2.48 bits per heavy atom. The van der Waals surface area contributed by atoms with Crippen LogP contribution in [0.15, 0.2) is 59.8 Å². The van der Waals surface area contributed by atoms with Crippen molar-refractivity contribution in [2.45, 2.75) is 10.9 Å². The van der Waals surface area contributed by atoms with Gasteiger partial charge in [0.05, 0.1) is 21.1 Å². The topological polar surface area (TPSA) is 28.7 Å². The number of thioether (sulfide) groups is 1. The molecule has 23 heavy (non-hydrogen) atoms. The molecule has 0 aliphatic carbocycles. The lowest BCUT2D eigenvalue weighted by atomic mass is 10.1. The summed E-state index contributed by atoms with van der Waals surface area (Å²) in [5, 5.41) is 4.48. The standard InChI is InChI=1S/C18H12Cl2N2S/c19-14-6-5-11(7-15(14)20)10-23-18-21-16-8-12-3-1-2-4-13(12)9-17(16)22-18/h1-9H,10H2,(H,21,22). The van der Waals surface area contributed by atoms with E-state index in [-0.39, 0.29) is 0 Å². The highest BCUT2D eigenvalue weighted by Crippen LogP contribution is 2.28. The second-order valence-electron chi connectivity index (χ2n) is 5.30. The van der Waals surface area contributed by atoms with Gasteiger partial charge in [-0.1, -0.05) is 65.3 Å². The van der Waals surface area contributed by atoms with Gasteiger partial charge in [0.2, 0.25) is 0 Å². The van der Waals surface area contributed by atoms with Crippen LogP contribution in [0.25, 0.3) is 21.8 Å². The summed E-state index contributed by atoms with van der Waals surface area (Å²) < 4.78 is 0. The highest BCUT2D eigenvalue weighted by atomic mass is 35.5. The van der Waals surface area contributed by atoms with Crippen LogP contribution < -0.4 is 0 Å². The maximum Gasteiger partial charge on any atom is 0.166 e. The summed E-state index contributed by atoms with van der Waals surface area (Å²) in [6, 6.07) is 18.3. The van der Waals surface area contributed by atoms with Crippen LogP contribution in [0.3, 0.4) is 0 Å². The third-order valence-corrected chi connectivity index (χ3v) is 5.37. The molecule has 0 radical (unpaired) electrons. The van der Waals surface area contributed by atoms with Crippen LogP contribution in [-0.2, 0) is 5.75 Å². The quantitative estimate of drug-likeness (QED) is 0.434. The molecule has 0 amide bonds. The van der Waals surface area contributed by atoms with Gasteiger partial charge in [-0.15, -0.1) is 0 Å². The minimum Gasteiger partial charge on any atom is -0.333 e. The fourth-order valence-electron chi connectivity index (χ4n) is 2.52. The number of hydrogen-bond donors (Lipinski definition) is 1. The zero-order chi connectivity index (χ0) is 15.8. The van der Waals surface area contributed by atoms with Crippen LogP contribution >= 0.6 is 35.0 Å². The number of benzene rings is 3. The normalized spacial score (nSPS) is 11.4. The molecule has 0 fully saturated rings. The van der Waals surface area contributed by atoms with Crippen LogP contribution in [0.1, 0.15) is 5.56 Å². The number of halogens is 2. The van der Waals surface area contributed by atoms with E-state index in [1.54, 1.807) is 11.8 Å². The number of nitrogens with zero attached hydrogens (tertiary/aromatic N) is 1. The summed E-state index contributed by atoms with van der Waals surface area (Å²) in [5.74, 6) is 0.788. The van der Waals surface area contributed by atoms with Crippen LogP contribution in [0, 0.1) is 0 Å². The van der Waals surface area contributed by atoms with Gasteiger partial charge in [-0.3, -0.25) is 0 Å². The first kappa shape index (κ1) is 14.9. The molecule has 1 N–H and O–H groups in total. The molecule has 5 heteroatoms. The van der Waals surface area contributed by atoms with Crippen molar-refractivity contribution in [1.82, 2.24) is 9.97 Å². The maximum atomic E-state index is 6.05. The summed E-state index contributed by atoms with van der Waals surface area (Å²) in [4.78, 5) is 8.04. The van der Waals surface area contributed by atoms with Gasteiger partial charge in [-0.25, -0.2) is 4.98 Å². The third-order valence-electron chi connectivity index (χ3n) is 3.69. The number of fused-ring (bicyclic) bond motifs is 2. The smallest absolute Gasteiger partial charge is 0.166 e. The fourth-order valence-corrected chi connectivity index (χ4v) is 3.67. The van der Waals surface area contributed by atoms with Gasteiger partial charge in [0.25, 0.3) is 0 Å². The predicted molar refractivity (Wildman–Crippen MR) is 99.6 cm³/mol. The Morgan fingerprint density at radius 1 is 0.913 bits per heavy atom. The second-order valence-corrected chi connectivity index (χ2v) is 7.07. The molecule has 1 heterocycles. The van der Waals surface area contributed by atoms with E-state index in [1.165, 1.54) is 10.8 Å². The van der Waals surface area contributed by atoms with Crippen molar-refractivity contribution in [3.05, 3.63) is 70.2 Å². The molecule has 0 aliphatic heterocycles. The van der Waals surface area contributed by atoms with Crippen molar-refractivity contribution in [3.8, 4) is 0 Å². The minimum absolute atomic E-state index is 0.579. The Bertz CT molecular complexity index is 958. The van der Waals surface area contributed by atoms with Crippen LogP contribution in [0.4, 0.5) is 0 Å². The van der Waals surface area contributed by atoms with Gasteiger partial charge in [0, 0.05) is 5.75 Å². The molecule has 0 saturated carbocycles. The lowest BCUT2D eigenvalue weighted by molar-refractivity contribution is 1.08. The van der Waals surface area contributed by atoms with Crippen LogP contribution in [0.2, 0.25) is 10.0 Å². The molecule has 0 aliphatic rings. The molecule has 4 aromatic rings. The molecule has 0 bridgehead atoms. The predicted octanol–water partition coefficient (Wildman–Crippen LogP) is 6.32. The van der Waals surface area contributed by atoms with E-state index in [4.69, 9.17) is 23.2 Å². The number of aromatic amines is 1. The first-order chi connectivity index (χ1) is 11.2. The lowest BCUT2D eigenvalue weighted by Crippen LogP contribution is -1.82. The minimum atomic E-state index is 0.579. The molecule has 0 spiro atoms. The molecule has 0 unspecified atom stereocenters. The van der Waals surface area contributed by atoms with Crippen molar-refractivity contribution in [2.24, 2.45) is 0 Å². The maximum absolute atomic E-state index is 6.05. The number of rotatable bonds is 3. The summed E-state index contributed by atoms with van der Waals surface area (Å²) in [7, 11) is 0. The summed E-state index contributed by atoms with van der Waals surface area (Å²) in [6.07, 6.45) is 0. The molecule has 114 valence electrons. The summed E-state index contributed by atoms with van der Waals surface area (Å²) in [6.45, 7) is 0. The van der Waals surface area contributed by atoms with Crippen molar-refractivity contribution < 1.29 is 0 Å². The van der Waals surface area contributed by atoms with Crippen LogP contribution in [0.5, 0.6) is 0 Å². The largest absolute Gasteiger partial charge is 0.333 e. The zero-order valence-electron chi connectivity index (χ0n) is 12.0. The highest BCUT2D eigenvalue weighted by Gasteiger charge is 2.06. The van der Waals surface area contributed by atoms with Gasteiger partial charge in [-0.2, -0.15) is 0 Å². The van der Waals surface area contributed by atoms with E-state index in [0.717, 1.165) is 27.5 Å². The Kier molecular flexibility index (Phi) is 3.93. The molecule has 0 saturated heterocycles. The monoisotopic (exact) mass is 358 g/mol. The van der Waals surface area contributed by atoms with E-state index in [0.29, 0.717) is 10.0 Å². The first-order valence-corrected chi connectivity index (χ1v) is 8.88. The van der Waals surface area contributed by atoms with Crippen molar-refractivity contribution in [1.29, 1.82) is 0 Å². The van der Waals surface area contributed by atoms with E-state index in [1.807, 2.05) is 30.3 Å². The number of aromatic nitrogens is 2. The summed E-state index contributed by atoms with van der Waals surface area (Å²) >= 11 is 13.7.